The molecule has 1 fully saturated rings. The molecule has 1 atom stereocenters. The summed E-state index contributed by atoms with van der Waals surface area (Å²) in [5.41, 5.74) is 1.41. The number of halogens is 1. The number of imidazole rings is 1. The number of nitrogens with one attached hydrogen (secondary N) is 2. The number of hydrogen-bond donors (Lipinski definition) is 2. The predicted molar refractivity (Wildman–Crippen MR) is 80.0 cm³/mol. The third kappa shape index (κ3) is 3.02. The monoisotopic (exact) mass is 294 g/mol. The minimum Gasteiger partial charge on any atom is -0.368 e. The molecule has 108 valence electrons. The number of aromatic nitrogens is 4. The van der Waals surface area contributed by atoms with Crippen LogP contribution in [0.25, 0.3) is 11.2 Å². The lowest BCUT2D eigenvalue weighted by molar-refractivity contribution is 0.294. The van der Waals surface area contributed by atoms with Crippen molar-refractivity contribution in [1.82, 2.24) is 24.8 Å². The molecular weight excluding hydrogens is 276 g/mol. The van der Waals surface area contributed by atoms with Gasteiger partial charge in [-0.3, -0.25) is 0 Å². The van der Waals surface area contributed by atoms with Gasteiger partial charge in [0.05, 0.1) is 6.33 Å². The topological polar surface area (TPSA) is 69.7 Å². The zero-order valence-electron chi connectivity index (χ0n) is 11.6. The van der Waals surface area contributed by atoms with Crippen LogP contribution in [0, 0.1) is 5.92 Å². The Kier molecular flexibility index (Phi) is 4.03. The molecule has 0 radical (unpaired) electrons. The van der Waals surface area contributed by atoms with Crippen LogP contribution in [0.15, 0.2) is 6.33 Å². The van der Waals surface area contributed by atoms with E-state index in [0.717, 1.165) is 24.4 Å². The van der Waals surface area contributed by atoms with Crippen molar-refractivity contribution in [3.8, 4) is 0 Å². The van der Waals surface area contributed by atoms with Crippen molar-refractivity contribution in [2.45, 2.75) is 19.8 Å². The first kappa shape index (κ1) is 13.6. The van der Waals surface area contributed by atoms with E-state index in [1.807, 2.05) is 0 Å². The molecule has 20 heavy (non-hydrogen) atoms. The van der Waals surface area contributed by atoms with Gasteiger partial charge in [0, 0.05) is 13.1 Å². The molecule has 6 nitrogen and oxygen atoms in total. The fraction of sp³-hybridized carbons (Fsp3) is 0.615. The highest BCUT2D eigenvalue weighted by Crippen LogP contribution is 2.19. The van der Waals surface area contributed by atoms with Crippen LogP contribution < -0.4 is 5.32 Å². The number of fused-ring (bicyclic) bond motifs is 1. The Morgan fingerprint density at radius 1 is 1.40 bits per heavy atom. The van der Waals surface area contributed by atoms with E-state index in [2.05, 4.69) is 37.1 Å². The van der Waals surface area contributed by atoms with Gasteiger partial charge in [-0.15, -0.1) is 0 Å². The van der Waals surface area contributed by atoms with Crippen LogP contribution >= 0.6 is 11.6 Å². The van der Waals surface area contributed by atoms with E-state index in [1.54, 1.807) is 6.33 Å². The van der Waals surface area contributed by atoms with Crippen LogP contribution in [-0.4, -0.2) is 51.0 Å². The first-order valence-electron chi connectivity index (χ1n) is 7.05. The number of likely N-dealkylation sites (tertiary alicyclic amines) is 1. The Morgan fingerprint density at radius 2 is 2.20 bits per heavy atom. The maximum atomic E-state index is 5.91. The Labute approximate surface area is 123 Å². The molecule has 7 heteroatoms. The third-order valence-corrected chi connectivity index (χ3v) is 3.81. The zero-order chi connectivity index (χ0) is 13.9. The molecule has 2 aromatic heterocycles. The summed E-state index contributed by atoms with van der Waals surface area (Å²) in [4.78, 5) is 18.0. The van der Waals surface area contributed by atoms with E-state index >= 15 is 0 Å². The highest BCUT2D eigenvalue weighted by atomic mass is 35.5. The number of rotatable bonds is 5. The van der Waals surface area contributed by atoms with Gasteiger partial charge in [-0.25, -0.2) is 4.98 Å². The smallest absolute Gasteiger partial charge is 0.226 e. The first-order chi connectivity index (χ1) is 9.72. The zero-order valence-corrected chi connectivity index (χ0v) is 12.3. The van der Waals surface area contributed by atoms with Gasteiger partial charge >= 0.3 is 0 Å². The number of hydrogen-bond acceptors (Lipinski definition) is 5. The molecule has 0 aromatic carbocycles. The van der Waals surface area contributed by atoms with Crippen LogP contribution in [0.4, 0.5) is 5.82 Å². The van der Waals surface area contributed by atoms with Gasteiger partial charge in [0.2, 0.25) is 5.28 Å². The maximum absolute atomic E-state index is 5.91. The standard InChI is InChI=1S/C13H19ClN6/c1-9(7-20-4-2-3-5-20)6-15-11-10-12(17-8-16-10)19-13(14)18-11/h8-9H,2-7H2,1H3,(H2,15,16,17,18,19). The molecule has 2 N–H and O–H groups in total. The van der Waals surface area contributed by atoms with Crippen molar-refractivity contribution >= 4 is 28.6 Å². The summed E-state index contributed by atoms with van der Waals surface area (Å²) < 4.78 is 0. The molecule has 1 aliphatic heterocycles. The Balaban J connectivity index is 1.62. The lowest BCUT2D eigenvalue weighted by Gasteiger charge is -2.20. The Bertz CT molecular complexity index is 577. The molecule has 0 aliphatic carbocycles. The van der Waals surface area contributed by atoms with Gasteiger partial charge in [0.25, 0.3) is 0 Å². The number of H-pyrrole nitrogens is 1. The van der Waals surface area contributed by atoms with Crippen molar-refractivity contribution in [3.63, 3.8) is 0 Å². The minimum atomic E-state index is 0.222. The van der Waals surface area contributed by atoms with Crippen molar-refractivity contribution < 1.29 is 0 Å². The molecule has 3 rings (SSSR count). The van der Waals surface area contributed by atoms with Crippen molar-refractivity contribution in [1.29, 1.82) is 0 Å². The molecule has 1 aliphatic rings. The highest BCUT2D eigenvalue weighted by molar-refractivity contribution is 6.28. The van der Waals surface area contributed by atoms with Crippen LogP contribution in [0.2, 0.25) is 5.28 Å². The number of nitrogens with zero attached hydrogens (tertiary/aromatic N) is 4. The normalized spacial score (nSPS) is 17.7. The highest BCUT2D eigenvalue weighted by Gasteiger charge is 2.15. The SMILES string of the molecule is CC(CNc1nc(Cl)nc2nc[nH]c12)CN1CCCC1. The molecule has 0 amide bonds. The van der Waals surface area contributed by atoms with E-state index < -0.39 is 0 Å². The maximum Gasteiger partial charge on any atom is 0.226 e. The molecular formula is C13H19ClN6. The average Bonchev–Trinajstić information content (AvgIpc) is 3.06. The van der Waals surface area contributed by atoms with Crippen molar-refractivity contribution in [3.05, 3.63) is 11.6 Å². The van der Waals surface area contributed by atoms with Crippen molar-refractivity contribution in [2.75, 3.05) is 31.5 Å². The van der Waals surface area contributed by atoms with Gasteiger partial charge in [-0.2, -0.15) is 9.97 Å². The van der Waals surface area contributed by atoms with Gasteiger partial charge in [-0.1, -0.05) is 6.92 Å². The molecule has 0 bridgehead atoms. The van der Waals surface area contributed by atoms with E-state index in [4.69, 9.17) is 11.6 Å². The second-order valence-corrected chi connectivity index (χ2v) is 5.77. The summed E-state index contributed by atoms with van der Waals surface area (Å²) in [7, 11) is 0. The number of anilines is 1. The number of aromatic amines is 1. The summed E-state index contributed by atoms with van der Waals surface area (Å²) in [5.74, 6) is 1.28. The Morgan fingerprint density at radius 3 is 3.00 bits per heavy atom. The van der Waals surface area contributed by atoms with Crippen LogP contribution in [-0.2, 0) is 0 Å². The summed E-state index contributed by atoms with van der Waals surface area (Å²) in [6, 6.07) is 0. The quantitative estimate of drug-likeness (QED) is 0.827. The van der Waals surface area contributed by atoms with Crippen LogP contribution in [0.1, 0.15) is 19.8 Å². The summed E-state index contributed by atoms with van der Waals surface area (Å²) in [6.45, 7) is 6.69. The fourth-order valence-electron chi connectivity index (χ4n) is 2.68. The fourth-order valence-corrected chi connectivity index (χ4v) is 2.84. The molecule has 3 heterocycles. The minimum absolute atomic E-state index is 0.222. The summed E-state index contributed by atoms with van der Waals surface area (Å²) in [6.07, 6.45) is 4.27. The lowest BCUT2D eigenvalue weighted by Crippen LogP contribution is -2.29. The van der Waals surface area contributed by atoms with E-state index in [-0.39, 0.29) is 5.28 Å². The average molecular weight is 295 g/mol. The van der Waals surface area contributed by atoms with E-state index in [1.165, 1.54) is 25.9 Å². The molecule has 0 spiro atoms. The van der Waals surface area contributed by atoms with E-state index in [9.17, 15) is 0 Å². The third-order valence-electron chi connectivity index (χ3n) is 3.64. The molecule has 2 aromatic rings. The lowest BCUT2D eigenvalue weighted by atomic mass is 10.1. The summed E-state index contributed by atoms with van der Waals surface area (Å²) in [5, 5.41) is 3.58. The van der Waals surface area contributed by atoms with Gasteiger partial charge in [0.15, 0.2) is 11.5 Å². The second kappa shape index (κ2) is 5.93. The molecule has 1 saturated heterocycles. The van der Waals surface area contributed by atoms with Gasteiger partial charge in [0.1, 0.15) is 5.52 Å². The first-order valence-corrected chi connectivity index (χ1v) is 7.43. The molecule has 0 saturated carbocycles. The Hall–Kier alpha value is -1.40. The van der Waals surface area contributed by atoms with Crippen molar-refractivity contribution in [2.24, 2.45) is 5.92 Å². The largest absolute Gasteiger partial charge is 0.368 e. The van der Waals surface area contributed by atoms with Crippen LogP contribution in [0.5, 0.6) is 0 Å². The van der Waals surface area contributed by atoms with Gasteiger partial charge in [-0.05, 0) is 43.5 Å². The van der Waals surface area contributed by atoms with E-state index in [0.29, 0.717) is 11.6 Å². The second-order valence-electron chi connectivity index (χ2n) is 5.44. The van der Waals surface area contributed by atoms with Crippen LogP contribution in [0.3, 0.4) is 0 Å². The molecule has 1 unspecified atom stereocenters. The van der Waals surface area contributed by atoms with Gasteiger partial charge < -0.3 is 15.2 Å². The summed E-state index contributed by atoms with van der Waals surface area (Å²) >= 11 is 5.91. The predicted octanol–water partition coefficient (Wildman–Crippen LogP) is 2.15.